The van der Waals surface area contributed by atoms with Crippen molar-refractivity contribution in [2.45, 2.75) is 127 Å². The molecule has 3 N–H and O–H groups in total. The van der Waals surface area contributed by atoms with E-state index in [0.717, 1.165) is 6.42 Å². The summed E-state index contributed by atoms with van der Waals surface area (Å²) in [6.07, 6.45) is 7.87. The number of carbonyl (C=O) groups excluding carboxylic acids is 2. The van der Waals surface area contributed by atoms with Gasteiger partial charge in [0.25, 0.3) is 0 Å². The van der Waals surface area contributed by atoms with Gasteiger partial charge in [0.15, 0.2) is 6.29 Å². The van der Waals surface area contributed by atoms with Gasteiger partial charge in [-0.25, -0.2) is 0 Å². The van der Waals surface area contributed by atoms with Crippen molar-refractivity contribution in [1.29, 1.82) is 0 Å². The number of nitrogens with one attached hydrogen (secondary N) is 1. The molecule has 0 radical (unpaired) electrons. The van der Waals surface area contributed by atoms with Crippen LogP contribution >= 0.6 is 0 Å². The van der Waals surface area contributed by atoms with Crippen molar-refractivity contribution in [3.63, 3.8) is 0 Å². The molecular formula is C26H41NO7. The summed E-state index contributed by atoms with van der Waals surface area (Å²) < 4.78 is 17.4. The largest absolute Gasteiger partial charge is 0.384 e. The number of epoxide rings is 2. The molecule has 8 nitrogen and oxygen atoms in total. The van der Waals surface area contributed by atoms with Crippen LogP contribution in [-0.2, 0) is 23.8 Å². The molecule has 0 aromatic rings. The van der Waals surface area contributed by atoms with Crippen molar-refractivity contribution in [1.82, 2.24) is 5.32 Å². The summed E-state index contributed by atoms with van der Waals surface area (Å²) >= 11 is 0. The quantitative estimate of drug-likeness (QED) is 0.223. The Kier molecular flexibility index (Phi) is 7.56. The summed E-state index contributed by atoms with van der Waals surface area (Å²) in [5.41, 5.74) is -2.27. The zero-order valence-corrected chi connectivity index (χ0v) is 20.9. The average molecular weight is 480 g/mol. The second kappa shape index (κ2) is 9.97. The fourth-order valence-corrected chi connectivity index (χ4v) is 6.17. The van der Waals surface area contributed by atoms with Gasteiger partial charge in [-0.15, -0.1) is 0 Å². The molecule has 8 heteroatoms. The highest BCUT2D eigenvalue weighted by Crippen LogP contribution is 2.62. The van der Waals surface area contributed by atoms with Gasteiger partial charge in [-0.05, 0) is 31.3 Å². The number of Topliss-reactive ketones (excluding diaryl/α,β-unsaturated/α-hetero) is 1. The first-order valence-electron chi connectivity index (χ1n) is 13.0. The highest BCUT2D eigenvalue weighted by molar-refractivity contribution is 5.87. The molecule has 3 heterocycles. The number of ether oxygens (including phenoxy) is 3. The first-order chi connectivity index (χ1) is 16.1. The molecule has 3 saturated heterocycles. The molecule has 10 atom stereocenters. The van der Waals surface area contributed by atoms with Gasteiger partial charge in [0.1, 0.15) is 41.4 Å². The minimum absolute atomic E-state index is 0.0333. The molecule has 3 aliphatic heterocycles. The monoisotopic (exact) mass is 479 g/mol. The number of rotatable bonds is 12. The molecule has 0 aromatic carbocycles. The van der Waals surface area contributed by atoms with E-state index in [9.17, 15) is 19.8 Å². The number of ketones is 1. The van der Waals surface area contributed by atoms with Gasteiger partial charge in [0, 0.05) is 12.8 Å². The van der Waals surface area contributed by atoms with Gasteiger partial charge in [-0.3, -0.25) is 9.59 Å². The molecule has 4 unspecified atom stereocenters. The standard InChI is InChI=1S/C26H41NO7/c1-5-6-7-8-9-15(2)12-16(3)10-11-19(29)27-18-14-26(34-24(18)30)22-20(32-22)25(31,13-17(4)28)21-23(26)33-21/h10-11,15-16,18,20-24,30-31H,5-9,12-14H2,1-4H3,(H,27,29)/b11-10+/t15?,16?,18-,20-,21+,22+,23-,24-,25?,26?/m0/s1. The summed E-state index contributed by atoms with van der Waals surface area (Å²) in [7, 11) is 0. The molecule has 0 bridgehead atoms. The van der Waals surface area contributed by atoms with E-state index in [-0.39, 0.29) is 18.1 Å². The number of amides is 1. The lowest BCUT2D eigenvalue weighted by Gasteiger charge is -2.33. The SMILES string of the molecule is CCCCCCC(C)CC(C)/C=C/C(=O)N[C@H]1CC2(O[C@@H]1O)[C@@H]1O[C@@H]1C(O)(CC(C)=O)[C@@H]1O[C@@H]12. The van der Waals surface area contributed by atoms with Crippen molar-refractivity contribution in [2.75, 3.05) is 0 Å². The minimum atomic E-state index is -1.35. The second-order valence-electron chi connectivity index (χ2n) is 11.1. The third kappa shape index (κ3) is 5.12. The number of carbonyl (C=O) groups is 2. The zero-order chi connectivity index (χ0) is 24.7. The Bertz CT molecular complexity index is 780. The number of hydrogen-bond acceptors (Lipinski definition) is 7. The Labute approximate surface area is 202 Å². The first-order valence-corrected chi connectivity index (χ1v) is 13.0. The Hall–Kier alpha value is -1.32. The van der Waals surface area contributed by atoms with Crippen molar-refractivity contribution in [3.8, 4) is 0 Å². The maximum atomic E-state index is 12.6. The van der Waals surface area contributed by atoms with Crippen LogP contribution in [0.1, 0.15) is 79.1 Å². The second-order valence-corrected chi connectivity index (χ2v) is 11.1. The van der Waals surface area contributed by atoms with Crippen molar-refractivity contribution < 1.29 is 34.0 Å². The minimum Gasteiger partial charge on any atom is -0.384 e. The topological polar surface area (TPSA) is 121 Å². The van der Waals surface area contributed by atoms with E-state index in [1.807, 2.05) is 6.08 Å². The molecule has 1 aliphatic carbocycles. The van der Waals surface area contributed by atoms with Crippen LogP contribution in [0.3, 0.4) is 0 Å². The van der Waals surface area contributed by atoms with Crippen LogP contribution < -0.4 is 5.32 Å². The third-order valence-electron chi connectivity index (χ3n) is 7.92. The van der Waals surface area contributed by atoms with Gasteiger partial charge in [0.2, 0.25) is 5.91 Å². The zero-order valence-electron chi connectivity index (χ0n) is 20.9. The van der Waals surface area contributed by atoms with Gasteiger partial charge >= 0.3 is 0 Å². The number of unbranched alkanes of at least 4 members (excludes halogenated alkanes) is 3. The Balaban J connectivity index is 1.26. The summed E-state index contributed by atoms with van der Waals surface area (Å²) in [6.45, 7) is 8.04. The summed E-state index contributed by atoms with van der Waals surface area (Å²) in [5.74, 6) is 0.515. The Morgan fingerprint density at radius 1 is 1.12 bits per heavy atom. The van der Waals surface area contributed by atoms with E-state index in [4.69, 9.17) is 14.2 Å². The maximum absolute atomic E-state index is 12.6. The lowest BCUT2D eigenvalue weighted by atomic mass is 9.72. The van der Waals surface area contributed by atoms with Crippen LogP contribution in [0.4, 0.5) is 0 Å². The van der Waals surface area contributed by atoms with Crippen LogP contribution in [0.2, 0.25) is 0 Å². The molecule has 1 spiro atoms. The summed E-state index contributed by atoms with van der Waals surface area (Å²) in [5, 5.41) is 24.4. The maximum Gasteiger partial charge on any atom is 0.244 e. The van der Waals surface area contributed by atoms with E-state index >= 15 is 0 Å². The molecule has 4 fully saturated rings. The van der Waals surface area contributed by atoms with Gasteiger partial charge in [-0.1, -0.05) is 59.0 Å². The van der Waals surface area contributed by atoms with Crippen molar-refractivity contribution in [3.05, 3.63) is 12.2 Å². The molecular weight excluding hydrogens is 438 g/mol. The van der Waals surface area contributed by atoms with Crippen LogP contribution in [0.25, 0.3) is 0 Å². The van der Waals surface area contributed by atoms with Crippen LogP contribution in [-0.4, -0.2) is 69.9 Å². The predicted molar refractivity (Wildman–Crippen MR) is 125 cm³/mol. The first kappa shape index (κ1) is 25.8. The number of aliphatic hydroxyl groups excluding tert-OH is 1. The van der Waals surface area contributed by atoms with Crippen LogP contribution in [0, 0.1) is 11.8 Å². The number of aliphatic hydroxyl groups is 2. The molecule has 1 saturated carbocycles. The van der Waals surface area contributed by atoms with Gasteiger partial charge in [-0.2, -0.15) is 0 Å². The highest BCUT2D eigenvalue weighted by Gasteiger charge is 2.83. The van der Waals surface area contributed by atoms with E-state index in [1.54, 1.807) is 6.08 Å². The van der Waals surface area contributed by atoms with Crippen LogP contribution in [0.15, 0.2) is 12.2 Å². The normalized spacial score (nSPS) is 41.7. The Morgan fingerprint density at radius 3 is 2.41 bits per heavy atom. The fraction of sp³-hybridized carbons (Fsp3) is 0.846. The fourth-order valence-electron chi connectivity index (χ4n) is 6.17. The average Bonchev–Trinajstić information content (AvgIpc) is 3.66. The Morgan fingerprint density at radius 2 is 1.79 bits per heavy atom. The molecule has 1 amide bonds. The summed E-state index contributed by atoms with van der Waals surface area (Å²) in [6, 6.07) is -0.598. The smallest absolute Gasteiger partial charge is 0.244 e. The summed E-state index contributed by atoms with van der Waals surface area (Å²) in [4.78, 5) is 24.2. The third-order valence-corrected chi connectivity index (χ3v) is 7.92. The lowest BCUT2D eigenvalue weighted by molar-refractivity contribution is -0.161. The van der Waals surface area contributed by atoms with E-state index in [1.165, 1.54) is 39.0 Å². The molecule has 192 valence electrons. The molecule has 4 aliphatic rings. The van der Waals surface area contributed by atoms with E-state index in [0.29, 0.717) is 18.3 Å². The lowest BCUT2D eigenvalue weighted by Crippen LogP contribution is -2.57. The molecule has 4 rings (SSSR count). The highest BCUT2D eigenvalue weighted by atomic mass is 16.7. The van der Waals surface area contributed by atoms with E-state index in [2.05, 4.69) is 26.1 Å². The molecule has 0 aromatic heterocycles. The number of hydrogen-bond donors (Lipinski definition) is 3. The molecule has 34 heavy (non-hydrogen) atoms. The van der Waals surface area contributed by atoms with Crippen LogP contribution in [0.5, 0.6) is 0 Å². The van der Waals surface area contributed by atoms with Crippen molar-refractivity contribution in [2.24, 2.45) is 11.8 Å². The number of fused-ring (bicyclic) bond motifs is 4. The van der Waals surface area contributed by atoms with E-state index < -0.39 is 47.9 Å². The van der Waals surface area contributed by atoms with Gasteiger partial charge in [0.05, 0.1) is 6.04 Å². The van der Waals surface area contributed by atoms with Crippen molar-refractivity contribution >= 4 is 11.7 Å². The number of allylic oxidation sites excluding steroid dienone is 1. The van der Waals surface area contributed by atoms with Gasteiger partial charge < -0.3 is 29.7 Å². The predicted octanol–water partition coefficient (Wildman–Crippen LogP) is 2.40.